The molecule has 2 saturated heterocycles. The molecule has 2 aliphatic rings. The molecule has 20 heavy (non-hydrogen) atoms. The fourth-order valence-corrected chi connectivity index (χ4v) is 3.50. The van der Waals surface area contributed by atoms with E-state index in [-0.39, 0.29) is 11.1 Å². The van der Waals surface area contributed by atoms with E-state index >= 15 is 0 Å². The molecular weight excluding hydrogens is 250 g/mol. The third kappa shape index (κ3) is 4.19. The first-order chi connectivity index (χ1) is 9.31. The van der Waals surface area contributed by atoms with Crippen molar-refractivity contribution < 1.29 is 9.47 Å². The van der Waals surface area contributed by atoms with E-state index in [1.807, 2.05) is 0 Å². The molecule has 2 rings (SSSR count). The van der Waals surface area contributed by atoms with Crippen LogP contribution in [0, 0.1) is 17.8 Å². The molecule has 2 heterocycles. The summed E-state index contributed by atoms with van der Waals surface area (Å²) in [4.78, 5) is 0. The highest BCUT2D eigenvalue weighted by molar-refractivity contribution is 4.92. The lowest BCUT2D eigenvalue weighted by molar-refractivity contribution is -0.108. The van der Waals surface area contributed by atoms with Crippen LogP contribution in [0.3, 0.4) is 0 Å². The maximum atomic E-state index is 6.06. The average molecular weight is 283 g/mol. The Bertz CT molecular complexity index is 305. The van der Waals surface area contributed by atoms with Gasteiger partial charge in [0.15, 0.2) is 0 Å². The Kier molecular flexibility index (Phi) is 5.14. The van der Waals surface area contributed by atoms with Gasteiger partial charge in [0.2, 0.25) is 0 Å². The highest BCUT2D eigenvalue weighted by atomic mass is 16.6. The molecule has 1 N–H and O–H groups in total. The summed E-state index contributed by atoms with van der Waals surface area (Å²) in [7, 11) is 0. The third-order valence-corrected chi connectivity index (χ3v) is 5.19. The minimum atomic E-state index is 0.0500. The molecule has 4 atom stereocenters. The Morgan fingerprint density at radius 1 is 1.25 bits per heavy atom. The minimum Gasteiger partial charge on any atom is -0.378 e. The second-order valence-electron chi connectivity index (χ2n) is 8.05. The first-order valence-electron chi connectivity index (χ1n) is 8.28. The second kappa shape index (κ2) is 6.33. The zero-order chi connectivity index (χ0) is 14.8. The van der Waals surface area contributed by atoms with Gasteiger partial charge in [-0.15, -0.1) is 0 Å². The zero-order valence-corrected chi connectivity index (χ0v) is 14.0. The minimum absolute atomic E-state index is 0.0500. The van der Waals surface area contributed by atoms with Gasteiger partial charge in [0, 0.05) is 25.2 Å². The van der Waals surface area contributed by atoms with Gasteiger partial charge >= 0.3 is 0 Å². The van der Waals surface area contributed by atoms with E-state index in [4.69, 9.17) is 9.47 Å². The Balaban J connectivity index is 1.86. The Morgan fingerprint density at radius 2 is 2.00 bits per heavy atom. The molecule has 3 heteroatoms. The number of nitrogens with one attached hydrogen (secondary N) is 1. The molecule has 2 fully saturated rings. The number of hydrogen-bond acceptors (Lipinski definition) is 3. The molecule has 0 aromatic rings. The van der Waals surface area contributed by atoms with Crippen LogP contribution < -0.4 is 5.32 Å². The van der Waals surface area contributed by atoms with Gasteiger partial charge in [-0.1, -0.05) is 13.8 Å². The van der Waals surface area contributed by atoms with E-state index in [9.17, 15) is 0 Å². The molecule has 0 radical (unpaired) electrons. The Morgan fingerprint density at radius 3 is 2.60 bits per heavy atom. The molecule has 0 aromatic carbocycles. The molecule has 4 unspecified atom stereocenters. The first kappa shape index (κ1) is 16.3. The van der Waals surface area contributed by atoms with E-state index < -0.39 is 0 Å². The van der Waals surface area contributed by atoms with Crippen LogP contribution in [0.1, 0.15) is 53.9 Å². The van der Waals surface area contributed by atoms with Crippen molar-refractivity contribution in [2.45, 2.75) is 65.0 Å². The van der Waals surface area contributed by atoms with Crippen molar-refractivity contribution in [3.63, 3.8) is 0 Å². The van der Waals surface area contributed by atoms with Gasteiger partial charge in [0.05, 0.1) is 12.2 Å². The summed E-state index contributed by atoms with van der Waals surface area (Å²) in [5.41, 5.74) is 0.262. The predicted octanol–water partition coefficient (Wildman–Crippen LogP) is 3.23. The SMILES string of the molecule is CC(CNC(C)(C)C)C(C)C1CCOC2(CCOC2)C1. The summed E-state index contributed by atoms with van der Waals surface area (Å²) in [5, 5.41) is 3.65. The smallest absolute Gasteiger partial charge is 0.0939 e. The zero-order valence-electron chi connectivity index (χ0n) is 14.0. The molecule has 118 valence electrons. The maximum absolute atomic E-state index is 6.06. The van der Waals surface area contributed by atoms with Crippen molar-refractivity contribution in [2.75, 3.05) is 26.4 Å². The van der Waals surface area contributed by atoms with Crippen LogP contribution in [0.15, 0.2) is 0 Å². The van der Waals surface area contributed by atoms with E-state index in [0.29, 0.717) is 5.92 Å². The van der Waals surface area contributed by atoms with Crippen LogP contribution in [-0.4, -0.2) is 37.5 Å². The fourth-order valence-electron chi connectivity index (χ4n) is 3.50. The summed E-state index contributed by atoms with van der Waals surface area (Å²) in [6.45, 7) is 15.2. The van der Waals surface area contributed by atoms with Gasteiger partial charge in [-0.2, -0.15) is 0 Å². The Labute approximate surface area is 124 Å². The molecule has 0 aromatic heterocycles. The summed E-state index contributed by atoms with van der Waals surface area (Å²) in [6.07, 6.45) is 3.49. The van der Waals surface area contributed by atoms with Crippen LogP contribution in [0.2, 0.25) is 0 Å². The summed E-state index contributed by atoms with van der Waals surface area (Å²) in [6, 6.07) is 0. The number of hydrogen-bond donors (Lipinski definition) is 1. The summed E-state index contributed by atoms with van der Waals surface area (Å²) >= 11 is 0. The van der Waals surface area contributed by atoms with E-state index in [1.165, 1.54) is 12.8 Å². The first-order valence-corrected chi connectivity index (χ1v) is 8.28. The molecule has 0 aliphatic carbocycles. The van der Waals surface area contributed by atoms with E-state index in [0.717, 1.165) is 44.6 Å². The standard InChI is InChI=1S/C17H33NO2/c1-13(11-18-16(3,4)5)14(2)15-6-8-20-17(10-15)7-9-19-12-17/h13-15,18H,6-12H2,1-5H3. The molecule has 0 saturated carbocycles. The van der Waals surface area contributed by atoms with Crippen molar-refractivity contribution in [3.05, 3.63) is 0 Å². The van der Waals surface area contributed by atoms with Crippen LogP contribution in [-0.2, 0) is 9.47 Å². The lowest BCUT2D eigenvalue weighted by atomic mass is 9.74. The molecular formula is C17H33NO2. The van der Waals surface area contributed by atoms with Gasteiger partial charge in [-0.05, 0) is 57.9 Å². The predicted molar refractivity (Wildman–Crippen MR) is 82.9 cm³/mol. The van der Waals surface area contributed by atoms with Gasteiger partial charge in [0.25, 0.3) is 0 Å². The quantitative estimate of drug-likeness (QED) is 0.859. The van der Waals surface area contributed by atoms with Crippen molar-refractivity contribution in [2.24, 2.45) is 17.8 Å². The molecule has 2 aliphatic heterocycles. The van der Waals surface area contributed by atoms with Gasteiger partial charge in [0.1, 0.15) is 0 Å². The van der Waals surface area contributed by atoms with E-state index in [2.05, 4.69) is 39.9 Å². The molecule has 1 spiro atoms. The Hall–Kier alpha value is -0.120. The third-order valence-electron chi connectivity index (χ3n) is 5.19. The van der Waals surface area contributed by atoms with Crippen LogP contribution in [0.25, 0.3) is 0 Å². The van der Waals surface area contributed by atoms with Crippen LogP contribution in [0.4, 0.5) is 0 Å². The number of ether oxygens (including phenoxy) is 2. The average Bonchev–Trinajstić information content (AvgIpc) is 2.82. The maximum Gasteiger partial charge on any atom is 0.0939 e. The van der Waals surface area contributed by atoms with Crippen molar-refractivity contribution in [3.8, 4) is 0 Å². The summed E-state index contributed by atoms with van der Waals surface area (Å²) in [5.74, 6) is 2.23. The van der Waals surface area contributed by atoms with Gasteiger partial charge < -0.3 is 14.8 Å². The summed E-state index contributed by atoms with van der Waals surface area (Å²) < 4.78 is 11.6. The second-order valence-corrected chi connectivity index (χ2v) is 8.05. The lowest BCUT2D eigenvalue weighted by Crippen LogP contribution is -2.45. The van der Waals surface area contributed by atoms with Gasteiger partial charge in [-0.25, -0.2) is 0 Å². The van der Waals surface area contributed by atoms with Crippen LogP contribution in [0.5, 0.6) is 0 Å². The van der Waals surface area contributed by atoms with Crippen molar-refractivity contribution in [1.82, 2.24) is 5.32 Å². The number of rotatable bonds is 4. The van der Waals surface area contributed by atoms with Crippen LogP contribution >= 0.6 is 0 Å². The highest BCUT2D eigenvalue weighted by Crippen LogP contribution is 2.40. The highest BCUT2D eigenvalue weighted by Gasteiger charge is 2.42. The topological polar surface area (TPSA) is 30.5 Å². The normalized spacial score (nSPS) is 34.4. The lowest BCUT2D eigenvalue weighted by Gasteiger charge is -2.41. The monoisotopic (exact) mass is 283 g/mol. The molecule has 3 nitrogen and oxygen atoms in total. The largest absolute Gasteiger partial charge is 0.378 e. The van der Waals surface area contributed by atoms with Gasteiger partial charge in [-0.3, -0.25) is 0 Å². The van der Waals surface area contributed by atoms with E-state index in [1.54, 1.807) is 0 Å². The molecule has 0 amide bonds. The van der Waals surface area contributed by atoms with Crippen molar-refractivity contribution in [1.29, 1.82) is 0 Å². The molecule has 0 bridgehead atoms. The van der Waals surface area contributed by atoms with Crippen molar-refractivity contribution >= 4 is 0 Å². The fraction of sp³-hybridized carbons (Fsp3) is 1.00.